The number of rotatable bonds is 4. The van der Waals surface area contributed by atoms with Crippen LogP contribution in [-0.4, -0.2) is 13.1 Å². The normalized spacial score (nSPS) is 8.00. The standard InChI is InChI=1S/C6H7N.C5H13N.C3H9N.CH4/c7-6-4-2-1-3-5-6;1-2-3-4-5-6;1-2-3-4;/h1-5H,7H2;2-6H2,1H3;2-4H2,1H3;1H4. The average molecular weight is 255 g/mol. The van der Waals surface area contributed by atoms with Crippen LogP contribution in [0.4, 0.5) is 5.69 Å². The van der Waals surface area contributed by atoms with E-state index < -0.39 is 0 Å². The summed E-state index contributed by atoms with van der Waals surface area (Å²) in [4.78, 5) is 0. The van der Waals surface area contributed by atoms with Crippen molar-refractivity contribution in [1.82, 2.24) is 0 Å². The topological polar surface area (TPSA) is 78.1 Å². The van der Waals surface area contributed by atoms with E-state index in [4.69, 9.17) is 17.2 Å². The average Bonchev–Trinajstić information content (AvgIpc) is 2.38. The Kier molecular flexibility index (Phi) is 26.1. The van der Waals surface area contributed by atoms with E-state index in [2.05, 4.69) is 13.8 Å². The zero-order valence-electron chi connectivity index (χ0n) is 11.4. The maximum Gasteiger partial charge on any atom is 0.0313 e. The Morgan fingerprint density at radius 3 is 1.50 bits per heavy atom. The summed E-state index contributed by atoms with van der Waals surface area (Å²) in [6, 6.07) is 9.49. The van der Waals surface area contributed by atoms with Crippen molar-refractivity contribution in [2.75, 3.05) is 18.8 Å². The van der Waals surface area contributed by atoms with Crippen LogP contribution in [0.3, 0.4) is 0 Å². The molecular weight excluding hydrogens is 222 g/mol. The summed E-state index contributed by atoms with van der Waals surface area (Å²) in [5, 5.41) is 0. The maximum absolute atomic E-state index is 5.36. The first-order chi connectivity index (χ1) is 8.22. The molecule has 0 heterocycles. The first kappa shape index (κ1) is 22.1. The quantitative estimate of drug-likeness (QED) is 0.570. The van der Waals surface area contributed by atoms with Crippen LogP contribution in [0.25, 0.3) is 0 Å². The minimum absolute atomic E-state index is 0. The van der Waals surface area contributed by atoms with Crippen molar-refractivity contribution in [3.63, 3.8) is 0 Å². The molecule has 1 aromatic carbocycles. The lowest BCUT2D eigenvalue weighted by atomic mass is 10.3. The molecule has 1 rings (SSSR count). The fourth-order valence-corrected chi connectivity index (χ4v) is 0.847. The van der Waals surface area contributed by atoms with E-state index >= 15 is 0 Å². The SMILES string of the molecule is C.CCCCCN.CCCN.Nc1ccccc1. The van der Waals surface area contributed by atoms with Crippen LogP contribution in [0, 0.1) is 0 Å². The summed E-state index contributed by atoms with van der Waals surface area (Å²) in [5.41, 5.74) is 16.4. The lowest BCUT2D eigenvalue weighted by molar-refractivity contribution is 0.727. The molecule has 108 valence electrons. The van der Waals surface area contributed by atoms with E-state index in [9.17, 15) is 0 Å². The second kappa shape index (κ2) is 21.2. The van der Waals surface area contributed by atoms with Gasteiger partial charge >= 0.3 is 0 Å². The minimum Gasteiger partial charge on any atom is -0.399 e. The number of anilines is 1. The second-order valence-corrected chi connectivity index (χ2v) is 3.70. The molecule has 0 aliphatic carbocycles. The molecule has 0 aliphatic heterocycles. The van der Waals surface area contributed by atoms with Crippen molar-refractivity contribution in [3.05, 3.63) is 30.3 Å². The van der Waals surface area contributed by atoms with E-state index in [0.29, 0.717) is 0 Å². The van der Waals surface area contributed by atoms with Gasteiger partial charge in [0.15, 0.2) is 0 Å². The monoisotopic (exact) mass is 255 g/mol. The van der Waals surface area contributed by atoms with Crippen molar-refractivity contribution < 1.29 is 0 Å². The van der Waals surface area contributed by atoms with E-state index in [-0.39, 0.29) is 7.43 Å². The van der Waals surface area contributed by atoms with E-state index in [1.807, 2.05) is 30.3 Å². The van der Waals surface area contributed by atoms with Gasteiger partial charge in [-0.25, -0.2) is 0 Å². The largest absolute Gasteiger partial charge is 0.399 e. The van der Waals surface area contributed by atoms with E-state index in [0.717, 1.165) is 25.2 Å². The lowest BCUT2D eigenvalue weighted by Gasteiger charge is -1.86. The molecule has 0 amide bonds. The van der Waals surface area contributed by atoms with Crippen molar-refractivity contribution in [2.24, 2.45) is 11.5 Å². The highest BCUT2D eigenvalue weighted by Gasteiger charge is 1.75. The van der Waals surface area contributed by atoms with Crippen LogP contribution in [0.15, 0.2) is 30.3 Å². The molecule has 0 spiro atoms. The molecule has 0 bridgehead atoms. The summed E-state index contributed by atoms with van der Waals surface area (Å²) >= 11 is 0. The van der Waals surface area contributed by atoms with Gasteiger partial charge in [0.25, 0.3) is 0 Å². The van der Waals surface area contributed by atoms with Gasteiger partial charge in [-0.05, 0) is 38.1 Å². The van der Waals surface area contributed by atoms with E-state index in [1.165, 1.54) is 19.3 Å². The first-order valence-electron chi connectivity index (χ1n) is 6.43. The molecule has 18 heavy (non-hydrogen) atoms. The third-order valence-electron chi connectivity index (χ3n) is 1.90. The number of nitrogen functional groups attached to an aromatic ring is 1. The van der Waals surface area contributed by atoms with Gasteiger partial charge in [0.1, 0.15) is 0 Å². The molecule has 3 heteroatoms. The van der Waals surface area contributed by atoms with Crippen LogP contribution in [0.5, 0.6) is 0 Å². The fourth-order valence-electron chi connectivity index (χ4n) is 0.847. The minimum atomic E-state index is 0. The molecule has 0 atom stereocenters. The van der Waals surface area contributed by atoms with Gasteiger partial charge in [0.05, 0.1) is 0 Å². The zero-order chi connectivity index (χ0) is 13.4. The third kappa shape index (κ3) is 24.3. The summed E-state index contributed by atoms with van der Waals surface area (Å²) in [7, 11) is 0. The summed E-state index contributed by atoms with van der Waals surface area (Å²) in [6.07, 6.45) is 4.85. The van der Waals surface area contributed by atoms with Gasteiger partial charge < -0.3 is 17.2 Å². The Balaban J connectivity index is -0.000000190. The van der Waals surface area contributed by atoms with Gasteiger partial charge in [0.2, 0.25) is 0 Å². The lowest BCUT2D eigenvalue weighted by Crippen LogP contribution is -1.96. The van der Waals surface area contributed by atoms with Crippen molar-refractivity contribution in [3.8, 4) is 0 Å². The van der Waals surface area contributed by atoms with Gasteiger partial charge in [-0.2, -0.15) is 0 Å². The Morgan fingerprint density at radius 1 is 0.833 bits per heavy atom. The third-order valence-corrected chi connectivity index (χ3v) is 1.90. The Morgan fingerprint density at radius 2 is 1.33 bits per heavy atom. The predicted molar refractivity (Wildman–Crippen MR) is 85.5 cm³/mol. The summed E-state index contributed by atoms with van der Waals surface area (Å²) < 4.78 is 0. The molecule has 0 unspecified atom stereocenters. The van der Waals surface area contributed by atoms with E-state index in [1.54, 1.807) is 0 Å². The van der Waals surface area contributed by atoms with Crippen LogP contribution in [0.2, 0.25) is 0 Å². The molecular formula is C15H33N3. The molecule has 0 radical (unpaired) electrons. The number of hydrogen-bond acceptors (Lipinski definition) is 3. The van der Waals surface area contributed by atoms with Gasteiger partial charge in [-0.3, -0.25) is 0 Å². The number of nitrogens with two attached hydrogens (primary N) is 3. The van der Waals surface area contributed by atoms with Gasteiger partial charge in [-0.1, -0.05) is 52.3 Å². The molecule has 0 saturated heterocycles. The predicted octanol–water partition coefficient (Wildman–Crippen LogP) is 3.40. The highest BCUT2D eigenvalue weighted by molar-refractivity contribution is 5.35. The number of hydrogen-bond donors (Lipinski definition) is 3. The molecule has 0 fully saturated rings. The van der Waals surface area contributed by atoms with Gasteiger partial charge in [0, 0.05) is 5.69 Å². The second-order valence-electron chi connectivity index (χ2n) is 3.70. The summed E-state index contributed by atoms with van der Waals surface area (Å²) in [5.74, 6) is 0. The highest BCUT2D eigenvalue weighted by Crippen LogP contribution is 1.95. The highest BCUT2D eigenvalue weighted by atomic mass is 14.5. The molecule has 0 aliphatic rings. The first-order valence-corrected chi connectivity index (χ1v) is 6.43. The molecule has 0 aromatic heterocycles. The fraction of sp³-hybridized carbons (Fsp3) is 0.600. The van der Waals surface area contributed by atoms with Crippen LogP contribution >= 0.6 is 0 Å². The Hall–Kier alpha value is -1.06. The molecule has 3 nitrogen and oxygen atoms in total. The molecule has 0 saturated carbocycles. The molecule has 6 N–H and O–H groups in total. The Bertz CT molecular complexity index is 206. The summed E-state index contributed by atoms with van der Waals surface area (Å²) in [6.45, 7) is 5.91. The maximum atomic E-state index is 5.36. The van der Waals surface area contributed by atoms with Crippen molar-refractivity contribution in [2.45, 2.75) is 47.0 Å². The van der Waals surface area contributed by atoms with Crippen LogP contribution < -0.4 is 17.2 Å². The van der Waals surface area contributed by atoms with Crippen LogP contribution in [0.1, 0.15) is 47.0 Å². The number of benzene rings is 1. The van der Waals surface area contributed by atoms with Crippen LogP contribution in [-0.2, 0) is 0 Å². The van der Waals surface area contributed by atoms with Gasteiger partial charge in [-0.15, -0.1) is 0 Å². The zero-order valence-corrected chi connectivity index (χ0v) is 11.4. The number of para-hydroxylation sites is 1. The number of unbranched alkanes of at least 4 members (excludes halogenated alkanes) is 2. The smallest absolute Gasteiger partial charge is 0.0313 e. The Labute approximate surface area is 114 Å². The van der Waals surface area contributed by atoms with Crippen molar-refractivity contribution >= 4 is 5.69 Å². The molecule has 1 aromatic rings. The van der Waals surface area contributed by atoms with Crippen molar-refractivity contribution in [1.29, 1.82) is 0 Å².